The lowest BCUT2D eigenvalue weighted by atomic mass is 9.92. The van der Waals surface area contributed by atoms with E-state index < -0.39 is 0 Å². The molecule has 0 aromatic carbocycles. The van der Waals surface area contributed by atoms with E-state index in [1.54, 1.807) is 0 Å². The first-order chi connectivity index (χ1) is 9.74. The Balaban J connectivity index is 1.43. The predicted molar refractivity (Wildman–Crippen MR) is 75.5 cm³/mol. The molecule has 4 rings (SSSR count). The molecule has 1 aliphatic heterocycles. The van der Waals surface area contributed by atoms with E-state index >= 15 is 0 Å². The number of carbonyl (C=O) groups excluding carboxylic acids is 1. The summed E-state index contributed by atoms with van der Waals surface area (Å²) in [6, 6.07) is 0. The van der Waals surface area contributed by atoms with Crippen molar-refractivity contribution in [1.82, 2.24) is 4.90 Å². The molecule has 0 aromatic heterocycles. The summed E-state index contributed by atoms with van der Waals surface area (Å²) in [7, 11) is 0. The molecule has 1 amide bonds. The summed E-state index contributed by atoms with van der Waals surface area (Å²) < 4.78 is 0. The van der Waals surface area contributed by atoms with Gasteiger partial charge in [0.1, 0.15) is 0 Å². The van der Waals surface area contributed by atoms with Gasteiger partial charge in [0.05, 0.1) is 5.71 Å². The smallest absolute Gasteiger partial charge is 0.226 e. The third kappa shape index (κ3) is 1.66. The average Bonchev–Trinajstić information content (AvgIpc) is 2.92. The van der Waals surface area contributed by atoms with Gasteiger partial charge in [-0.3, -0.25) is 4.79 Å². The van der Waals surface area contributed by atoms with Gasteiger partial charge in [-0.2, -0.15) is 0 Å². The average molecular weight is 276 g/mol. The van der Waals surface area contributed by atoms with Crippen molar-refractivity contribution in [2.24, 2.45) is 40.7 Å². The third-order valence-corrected chi connectivity index (χ3v) is 6.50. The molecule has 2 bridgehead atoms. The first kappa shape index (κ1) is 12.7. The van der Waals surface area contributed by atoms with Gasteiger partial charge in [0.2, 0.25) is 5.91 Å². The summed E-state index contributed by atoms with van der Waals surface area (Å²) in [5, 5.41) is 12.5. The molecule has 1 heterocycles. The predicted octanol–water partition coefficient (Wildman–Crippen LogP) is 2.37. The van der Waals surface area contributed by atoms with Gasteiger partial charge in [-0.1, -0.05) is 12.1 Å². The van der Waals surface area contributed by atoms with Crippen LogP contribution in [0, 0.1) is 35.5 Å². The molecule has 20 heavy (non-hydrogen) atoms. The van der Waals surface area contributed by atoms with Crippen molar-refractivity contribution >= 4 is 11.6 Å². The molecule has 4 nitrogen and oxygen atoms in total. The number of piperidine rings is 1. The van der Waals surface area contributed by atoms with E-state index in [0.717, 1.165) is 55.3 Å². The first-order valence-electron chi connectivity index (χ1n) is 8.24. The lowest BCUT2D eigenvalue weighted by Crippen LogP contribution is -2.45. The summed E-state index contributed by atoms with van der Waals surface area (Å²) in [5.41, 5.74) is 0.882. The van der Waals surface area contributed by atoms with Gasteiger partial charge in [0.15, 0.2) is 0 Å². The number of fused-ring (bicyclic) bond motifs is 5. The topological polar surface area (TPSA) is 52.9 Å². The molecule has 3 aliphatic carbocycles. The molecule has 1 N–H and O–H groups in total. The Morgan fingerprint density at radius 2 is 2.05 bits per heavy atom. The van der Waals surface area contributed by atoms with Crippen molar-refractivity contribution < 1.29 is 10.0 Å². The molecule has 5 unspecified atom stereocenters. The van der Waals surface area contributed by atoms with Gasteiger partial charge in [-0.05, 0) is 49.4 Å². The maximum Gasteiger partial charge on any atom is 0.226 e. The lowest BCUT2D eigenvalue weighted by molar-refractivity contribution is -0.134. The normalized spacial score (nSPS) is 47.6. The summed E-state index contributed by atoms with van der Waals surface area (Å²) in [4.78, 5) is 14.8. The van der Waals surface area contributed by atoms with E-state index in [1.165, 1.54) is 19.3 Å². The minimum atomic E-state index is 0.257. The van der Waals surface area contributed by atoms with Crippen LogP contribution in [0.25, 0.3) is 0 Å². The fourth-order valence-electron chi connectivity index (χ4n) is 5.48. The molecule has 1 saturated heterocycles. The fourth-order valence-corrected chi connectivity index (χ4v) is 5.48. The second kappa shape index (κ2) is 4.47. The van der Waals surface area contributed by atoms with Crippen LogP contribution in [-0.2, 0) is 4.79 Å². The molecule has 0 radical (unpaired) electrons. The number of likely N-dealkylation sites (tertiary alicyclic amines) is 1. The molecular formula is C16H24N2O2. The number of hydrogen-bond donors (Lipinski definition) is 1. The Kier molecular flexibility index (Phi) is 2.83. The minimum Gasteiger partial charge on any atom is -0.411 e. The molecule has 110 valence electrons. The maximum atomic E-state index is 12.8. The SMILES string of the molecule is CCC1CN(C(=O)C2C3C4CCC(C4)C23)CCC1=NO. The second-order valence-corrected chi connectivity index (χ2v) is 7.24. The Hall–Kier alpha value is -1.06. The molecule has 4 heteroatoms. The zero-order chi connectivity index (χ0) is 13.9. The van der Waals surface area contributed by atoms with Gasteiger partial charge in [0.25, 0.3) is 0 Å². The van der Waals surface area contributed by atoms with Crippen molar-refractivity contribution in [2.45, 2.75) is 39.0 Å². The van der Waals surface area contributed by atoms with Crippen LogP contribution in [0.4, 0.5) is 0 Å². The highest BCUT2D eigenvalue weighted by atomic mass is 16.4. The first-order valence-corrected chi connectivity index (χ1v) is 8.24. The van der Waals surface area contributed by atoms with Crippen molar-refractivity contribution in [3.63, 3.8) is 0 Å². The van der Waals surface area contributed by atoms with Crippen LogP contribution in [-0.4, -0.2) is 34.8 Å². The van der Waals surface area contributed by atoms with Crippen molar-refractivity contribution in [3.8, 4) is 0 Å². The molecule has 0 aromatic rings. The van der Waals surface area contributed by atoms with E-state index in [2.05, 4.69) is 17.0 Å². The number of hydrogen-bond acceptors (Lipinski definition) is 3. The number of carbonyl (C=O) groups is 1. The van der Waals surface area contributed by atoms with E-state index in [1.807, 2.05) is 0 Å². The Labute approximate surface area is 120 Å². The number of nitrogens with zero attached hydrogens (tertiary/aromatic N) is 2. The summed E-state index contributed by atoms with van der Waals surface area (Å²) >= 11 is 0. The summed E-state index contributed by atoms with van der Waals surface area (Å²) in [5.74, 6) is 4.20. The van der Waals surface area contributed by atoms with Crippen LogP contribution in [0.3, 0.4) is 0 Å². The van der Waals surface area contributed by atoms with Gasteiger partial charge in [0, 0.05) is 31.3 Å². The van der Waals surface area contributed by atoms with E-state index in [0.29, 0.717) is 11.8 Å². The minimum absolute atomic E-state index is 0.257. The quantitative estimate of drug-likeness (QED) is 0.622. The molecule has 4 aliphatic rings. The van der Waals surface area contributed by atoms with E-state index in [4.69, 9.17) is 5.21 Å². The molecule has 3 saturated carbocycles. The van der Waals surface area contributed by atoms with E-state index in [9.17, 15) is 4.79 Å². The Morgan fingerprint density at radius 3 is 2.65 bits per heavy atom. The number of oxime groups is 1. The highest BCUT2D eigenvalue weighted by Crippen LogP contribution is 2.69. The standard InChI is InChI=1S/C16H24N2O2/c1-2-9-8-18(6-5-12(9)17-20)16(19)15-13-10-3-4-11(7-10)14(13)15/h9-11,13-15,20H,2-8H2,1H3. The van der Waals surface area contributed by atoms with E-state index in [-0.39, 0.29) is 5.92 Å². The summed E-state index contributed by atoms with van der Waals surface area (Å²) in [6.45, 7) is 3.62. The molecule has 5 atom stereocenters. The molecule has 0 spiro atoms. The van der Waals surface area contributed by atoms with Crippen LogP contribution in [0.15, 0.2) is 5.16 Å². The monoisotopic (exact) mass is 276 g/mol. The number of amides is 1. The van der Waals surface area contributed by atoms with Crippen LogP contribution in [0.2, 0.25) is 0 Å². The molecular weight excluding hydrogens is 252 g/mol. The van der Waals surface area contributed by atoms with Gasteiger partial charge in [-0.25, -0.2) is 0 Å². The van der Waals surface area contributed by atoms with Crippen LogP contribution >= 0.6 is 0 Å². The van der Waals surface area contributed by atoms with Gasteiger partial charge in [-0.15, -0.1) is 0 Å². The zero-order valence-corrected chi connectivity index (χ0v) is 12.2. The van der Waals surface area contributed by atoms with Crippen molar-refractivity contribution in [2.75, 3.05) is 13.1 Å². The molecule has 4 fully saturated rings. The van der Waals surface area contributed by atoms with Crippen LogP contribution < -0.4 is 0 Å². The second-order valence-electron chi connectivity index (χ2n) is 7.24. The van der Waals surface area contributed by atoms with Gasteiger partial charge < -0.3 is 10.1 Å². The summed E-state index contributed by atoms with van der Waals surface area (Å²) in [6.07, 6.45) is 5.84. The van der Waals surface area contributed by atoms with Gasteiger partial charge >= 0.3 is 0 Å². The van der Waals surface area contributed by atoms with Crippen molar-refractivity contribution in [3.05, 3.63) is 0 Å². The van der Waals surface area contributed by atoms with Crippen molar-refractivity contribution in [1.29, 1.82) is 0 Å². The van der Waals surface area contributed by atoms with Crippen LogP contribution in [0.5, 0.6) is 0 Å². The van der Waals surface area contributed by atoms with Crippen LogP contribution in [0.1, 0.15) is 39.0 Å². The Morgan fingerprint density at radius 1 is 1.35 bits per heavy atom. The lowest BCUT2D eigenvalue weighted by Gasteiger charge is -2.33. The number of rotatable bonds is 2. The Bertz CT molecular complexity index is 445. The maximum absolute atomic E-state index is 12.8. The fraction of sp³-hybridized carbons (Fsp3) is 0.875. The third-order valence-electron chi connectivity index (χ3n) is 6.50. The zero-order valence-electron chi connectivity index (χ0n) is 12.2. The largest absolute Gasteiger partial charge is 0.411 e. The highest BCUT2D eigenvalue weighted by Gasteiger charge is 2.68. The highest BCUT2D eigenvalue weighted by molar-refractivity contribution is 5.90.